The van der Waals surface area contributed by atoms with Crippen LogP contribution in [0.5, 0.6) is 0 Å². The van der Waals surface area contributed by atoms with Crippen molar-refractivity contribution < 1.29 is 33.4 Å². The fourth-order valence-corrected chi connectivity index (χ4v) is 2.96. The number of carbonyl (C=O) groups excluding carboxylic acids is 4. The summed E-state index contributed by atoms with van der Waals surface area (Å²) < 4.78 is 13.9. The number of amides is 1. The topological polar surface area (TPSA) is 108 Å². The lowest BCUT2D eigenvalue weighted by atomic mass is 9.95. The third-order valence-corrected chi connectivity index (χ3v) is 4.47. The summed E-state index contributed by atoms with van der Waals surface area (Å²) >= 11 is 0. The van der Waals surface area contributed by atoms with E-state index >= 15 is 0 Å². The van der Waals surface area contributed by atoms with Crippen molar-refractivity contribution in [3.05, 3.63) is 48.0 Å². The molecule has 0 aromatic heterocycles. The number of hydrogen-bond acceptors (Lipinski definition) is 7. The van der Waals surface area contributed by atoms with Crippen LogP contribution in [0.3, 0.4) is 0 Å². The van der Waals surface area contributed by atoms with E-state index in [9.17, 15) is 19.2 Å². The molecule has 154 valence electrons. The van der Waals surface area contributed by atoms with E-state index < -0.39 is 42.2 Å². The highest BCUT2D eigenvalue weighted by Crippen LogP contribution is 2.17. The van der Waals surface area contributed by atoms with Crippen molar-refractivity contribution in [2.75, 3.05) is 21.3 Å². The van der Waals surface area contributed by atoms with Crippen molar-refractivity contribution in [2.24, 2.45) is 5.92 Å². The van der Waals surface area contributed by atoms with Gasteiger partial charge >= 0.3 is 17.9 Å². The number of fused-ring (bicyclic) bond motifs is 1. The lowest BCUT2D eigenvalue weighted by Crippen LogP contribution is -2.50. The minimum atomic E-state index is -1.39. The second-order valence-corrected chi connectivity index (χ2v) is 6.34. The highest BCUT2D eigenvalue weighted by Gasteiger charge is 2.38. The van der Waals surface area contributed by atoms with Crippen LogP contribution in [0.15, 0.2) is 42.5 Å². The monoisotopic (exact) mass is 401 g/mol. The Hall–Kier alpha value is -3.42. The second-order valence-electron chi connectivity index (χ2n) is 6.34. The van der Waals surface area contributed by atoms with E-state index in [4.69, 9.17) is 4.74 Å². The third-order valence-electron chi connectivity index (χ3n) is 4.47. The molecule has 0 spiro atoms. The van der Waals surface area contributed by atoms with Gasteiger partial charge in [0, 0.05) is 0 Å². The Labute approximate surface area is 168 Å². The van der Waals surface area contributed by atoms with Crippen LogP contribution in [0.2, 0.25) is 0 Å². The van der Waals surface area contributed by atoms with Crippen molar-refractivity contribution >= 4 is 34.6 Å². The summed E-state index contributed by atoms with van der Waals surface area (Å²) in [6.07, 6.45) is -0.469. The zero-order chi connectivity index (χ0) is 21.4. The highest BCUT2D eigenvalue weighted by molar-refractivity contribution is 5.92. The van der Waals surface area contributed by atoms with Crippen LogP contribution in [-0.2, 0) is 39.8 Å². The van der Waals surface area contributed by atoms with Gasteiger partial charge in [-0.1, -0.05) is 42.5 Å². The number of rotatable bonds is 8. The van der Waals surface area contributed by atoms with Crippen LogP contribution in [0.25, 0.3) is 10.8 Å². The first-order valence-electron chi connectivity index (χ1n) is 8.89. The van der Waals surface area contributed by atoms with Crippen molar-refractivity contribution in [2.45, 2.75) is 18.9 Å². The minimum absolute atomic E-state index is 0.0234. The van der Waals surface area contributed by atoms with Gasteiger partial charge in [-0.15, -0.1) is 0 Å². The van der Waals surface area contributed by atoms with Crippen molar-refractivity contribution in [3.63, 3.8) is 0 Å². The fraction of sp³-hybridized carbons (Fsp3) is 0.333. The molecule has 0 saturated carbocycles. The molecule has 0 heterocycles. The molecule has 0 aliphatic heterocycles. The summed E-state index contributed by atoms with van der Waals surface area (Å²) in [5.41, 5.74) is 0.729. The zero-order valence-electron chi connectivity index (χ0n) is 16.5. The highest BCUT2D eigenvalue weighted by atomic mass is 16.5. The molecule has 2 rings (SSSR count). The van der Waals surface area contributed by atoms with E-state index in [0.29, 0.717) is 0 Å². The van der Waals surface area contributed by atoms with E-state index in [1.807, 2.05) is 36.4 Å². The molecule has 0 aliphatic rings. The molecule has 0 saturated heterocycles. The quantitative estimate of drug-likeness (QED) is 0.526. The molecule has 8 nitrogen and oxygen atoms in total. The number of hydrogen-bond donors (Lipinski definition) is 1. The predicted molar refractivity (Wildman–Crippen MR) is 104 cm³/mol. The van der Waals surface area contributed by atoms with E-state index in [0.717, 1.165) is 37.7 Å². The Morgan fingerprint density at radius 2 is 1.52 bits per heavy atom. The van der Waals surface area contributed by atoms with Crippen LogP contribution in [-0.4, -0.2) is 51.2 Å². The molecular formula is C21H23NO7. The standard InChI is InChI=1S/C21H23NO7/c1-27-18(24)12-16(20(25)28-2)19(21(26)29-3)22-17(23)11-13-8-9-14-6-4-5-7-15(14)10-13/h4-10,16,19H,11-12H2,1-3H3,(H,22,23)/t16-,19-/m1/s1. The Kier molecular flexibility index (Phi) is 7.70. The lowest BCUT2D eigenvalue weighted by Gasteiger charge is -2.23. The molecule has 0 aliphatic carbocycles. The van der Waals surface area contributed by atoms with Crippen LogP contribution in [0.4, 0.5) is 0 Å². The first kappa shape index (κ1) is 21.9. The average Bonchev–Trinajstić information content (AvgIpc) is 2.74. The largest absolute Gasteiger partial charge is 0.469 e. The first-order chi connectivity index (χ1) is 13.9. The molecule has 2 aromatic rings. The maximum atomic E-state index is 12.6. The maximum absolute atomic E-state index is 12.6. The number of benzene rings is 2. The van der Waals surface area contributed by atoms with Crippen LogP contribution < -0.4 is 5.32 Å². The zero-order valence-corrected chi connectivity index (χ0v) is 16.5. The molecular weight excluding hydrogens is 378 g/mol. The second kappa shape index (κ2) is 10.2. The molecule has 8 heteroatoms. The van der Waals surface area contributed by atoms with Crippen LogP contribution in [0.1, 0.15) is 12.0 Å². The van der Waals surface area contributed by atoms with Gasteiger partial charge in [0.25, 0.3) is 0 Å². The first-order valence-corrected chi connectivity index (χ1v) is 8.89. The average molecular weight is 401 g/mol. The van der Waals surface area contributed by atoms with Crippen molar-refractivity contribution in [3.8, 4) is 0 Å². The van der Waals surface area contributed by atoms with Gasteiger partial charge in [0.15, 0.2) is 0 Å². The molecule has 0 bridgehead atoms. The molecule has 0 unspecified atom stereocenters. The van der Waals surface area contributed by atoms with Gasteiger partial charge in [-0.25, -0.2) is 4.79 Å². The summed E-state index contributed by atoms with van der Waals surface area (Å²) in [5.74, 6) is -4.21. The molecule has 0 fully saturated rings. The molecule has 29 heavy (non-hydrogen) atoms. The van der Waals surface area contributed by atoms with Gasteiger partial charge in [0.05, 0.1) is 40.1 Å². The molecule has 1 amide bonds. The summed E-state index contributed by atoms with van der Waals surface area (Å²) in [5, 5.41) is 4.49. The number of methoxy groups -OCH3 is 3. The van der Waals surface area contributed by atoms with Crippen LogP contribution in [0, 0.1) is 5.92 Å². The SMILES string of the molecule is COC(=O)C[C@@H](C(=O)OC)[C@@H](NC(=O)Cc1ccc2ccccc2c1)C(=O)OC. The fourth-order valence-electron chi connectivity index (χ4n) is 2.96. The van der Waals surface area contributed by atoms with Gasteiger partial charge in [-0.05, 0) is 16.3 Å². The van der Waals surface area contributed by atoms with Crippen LogP contribution >= 0.6 is 0 Å². The Morgan fingerprint density at radius 3 is 2.14 bits per heavy atom. The van der Waals surface area contributed by atoms with E-state index in [1.165, 1.54) is 0 Å². The summed E-state index contributed by atoms with van der Waals surface area (Å²) in [4.78, 5) is 48.6. The minimum Gasteiger partial charge on any atom is -0.469 e. The predicted octanol–water partition coefficient (Wildman–Crippen LogP) is 1.39. The maximum Gasteiger partial charge on any atom is 0.329 e. The normalized spacial score (nSPS) is 12.5. The van der Waals surface area contributed by atoms with Crippen molar-refractivity contribution in [1.29, 1.82) is 0 Å². The Balaban J connectivity index is 2.20. The summed E-state index contributed by atoms with van der Waals surface area (Å²) in [6.45, 7) is 0. The summed E-state index contributed by atoms with van der Waals surface area (Å²) in [7, 11) is 3.40. The van der Waals surface area contributed by atoms with Crippen molar-refractivity contribution in [1.82, 2.24) is 5.32 Å². The van der Waals surface area contributed by atoms with Gasteiger partial charge in [0.1, 0.15) is 6.04 Å². The third kappa shape index (κ3) is 5.78. The van der Waals surface area contributed by atoms with Gasteiger partial charge < -0.3 is 19.5 Å². The van der Waals surface area contributed by atoms with Gasteiger partial charge in [-0.2, -0.15) is 0 Å². The molecule has 2 atom stereocenters. The Bertz CT molecular complexity index is 909. The number of ether oxygens (including phenoxy) is 3. The summed E-state index contributed by atoms with van der Waals surface area (Å²) in [6, 6.07) is 11.9. The van der Waals surface area contributed by atoms with E-state index in [1.54, 1.807) is 6.07 Å². The smallest absolute Gasteiger partial charge is 0.329 e. The molecule has 2 aromatic carbocycles. The number of nitrogens with one attached hydrogen (secondary N) is 1. The Morgan fingerprint density at radius 1 is 0.862 bits per heavy atom. The molecule has 1 N–H and O–H groups in total. The van der Waals surface area contributed by atoms with Gasteiger partial charge in [-0.3, -0.25) is 14.4 Å². The van der Waals surface area contributed by atoms with Gasteiger partial charge in [0.2, 0.25) is 5.91 Å². The molecule has 0 radical (unpaired) electrons. The number of esters is 3. The lowest BCUT2D eigenvalue weighted by molar-refractivity contribution is -0.159. The van der Waals surface area contributed by atoms with E-state index in [2.05, 4.69) is 14.8 Å². The van der Waals surface area contributed by atoms with E-state index in [-0.39, 0.29) is 6.42 Å². The number of carbonyl (C=O) groups is 4.